The molecular weight excluding hydrogens is 188 g/mol. The van der Waals surface area contributed by atoms with Crippen LogP contribution in [0.15, 0.2) is 12.7 Å². The van der Waals surface area contributed by atoms with Gasteiger partial charge in [-0.05, 0) is 12.3 Å². The zero-order valence-electron chi connectivity index (χ0n) is 9.48. The van der Waals surface area contributed by atoms with Gasteiger partial charge in [-0.2, -0.15) is 0 Å². The molecule has 0 aromatic rings. The molecule has 0 spiro atoms. The molecule has 1 heterocycles. The highest BCUT2D eigenvalue weighted by molar-refractivity contribution is 5.81. The Morgan fingerprint density at radius 3 is 2.47 bits per heavy atom. The first-order valence-electron chi connectivity index (χ1n) is 5.84. The third kappa shape index (κ3) is 2.40. The van der Waals surface area contributed by atoms with E-state index in [9.17, 15) is 4.79 Å². The van der Waals surface area contributed by atoms with E-state index < -0.39 is 0 Å². The third-order valence-corrected chi connectivity index (χ3v) is 3.50. The van der Waals surface area contributed by atoms with Gasteiger partial charge in [0.2, 0.25) is 5.91 Å². The predicted octanol–water partition coefficient (Wildman–Crippen LogP) is 0.973. The second kappa shape index (κ2) is 4.35. The van der Waals surface area contributed by atoms with Gasteiger partial charge in [-0.25, -0.2) is 0 Å². The maximum atomic E-state index is 11.9. The number of hydrogen-bond acceptors (Lipinski definition) is 2. The fourth-order valence-corrected chi connectivity index (χ4v) is 2.23. The predicted molar refractivity (Wildman–Crippen MR) is 60.5 cm³/mol. The van der Waals surface area contributed by atoms with Gasteiger partial charge in [-0.1, -0.05) is 13.0 Å². The summed E-state index contributed by atoms with van der Waals surface area (Å²) in [5.74, 6) is 1.36. The summed E-state index contributed by atoms with van der Waals surface area (Å²) in [4.78, 5) is 16.3. The van der Waals surface area contributed by atoms with Crippen molar-refractivity contribution in [1.82, 2.24) is 9.80 Å². The number of nitrogens with zero attached hydrogens (tertiary/aromatic N) is 2. The van der Waals surface area contributed by atoms with Crippen molar-refractivity contribution in [2.24, 2.45) is 11.8 Å². The lowest BCUT2D eigenvalue weighted by atomic mass is 10.2. The number of hydrogen-bond donors (Lipinski definition) is 0. The number of rotatable bonds is 3. The third-order valence-electron chi connectivity index (χ3n) is 3.50. The lowest BCUT2D eigenvalue weighted by Crippen LogP contribution is -2.49. The van der Waals surface area contributed by atoms with Gasteiger partial charge in [-0.15, -0.1) is 6.58 Å². The molecule has 0 aromatic heterocycles. The van der Waals surface area contributed by atoms with Crippen molar-refractivity contribution in [1.29, 1.82) is 0 Å². The standard InChI is InChI=1S/C12H20N2O/c1-3-4-13-5-7-14(8-6-13)12(15)11-9-10(11)2/h3,10-11H,1,4-9H2,2H3/t10-,11+/m1/s1. The van der Waals surface area contributed by atoms with Crippen LogP contribution in [-0.2, 0) is 4.79 Å². The molecule has 3 nitrogen and oxygen atoms in total. The lowest BCUT2D eigenvalue weighted by Gasteiger charge is -2.34. The zero-order valence-corrected chi connectivity index (χ0v) is 9.48. The van der Waals surface area contributed by atoms with E-state index in [2.05, 4.69) is 18.4 Å². The van der Waals surface area contributed by atoms with Crippen LogP contribution in [0.4, 0.5) is 0 Å². The largest absolute Gasteiger partial charge is 0.340 e. The molecule has 1 aliphatic carbocycles. The van der Waals surface area contributed by atoms with Crippen LogP contribution in [0, 0.1) is 11.8 Å². The van der Waals surface area contributed by atoms with Gasteiger partial charge < -0.3 is 4.90 Å². The van der Waals surface area contributed by atoms with Crippen molar-refractivity contribution < 1.29 is 4.79 Å². The van der Waals surface area contributed by atoms with E-state index in [0.717, 1.165) is 39.1 Å². The Hall–Kier alpha value is -0.830. The zero-order chi connectivity index (χ0) is 10.8. The van der Waals surface area contributed by atoms with Crippen molar-refractivity contribution in [3.8, 4) is 0 Å². The quantitative estimate of drug-likeness (QED) is 0.645. The van der Waals surface area contributed by atoms with Gasteiger partial charge in [-0.3, -0.25) is 9.69 Å². The molecule has 84 valence electrons. The van der Waals surface area contributed by atoms with Crippen molar-refractivity contribution in [2.45, 2.75) is 13.3 Å². The van der Waals surface area contributed by atoms with Crippen molar-refractivity contribution >= 4 is 5.91 Å². The molecule has 1 saturated heterocycles. The van der Waals surface area contributed by atoms with Crippen LogP contribution < -0.4 is 0 Å². The number of piperazine rings is 1. The van der Waals surface area contributed by atoms with Crippen LogP contribution in [0.25, 0.3) is 0 Å². The molecule has 2 atom stereocenters. The molecule has 0 aromatic carbocycles. The van der Waals surface area contributed by atoms with E-state index in [1.165, 1.54) is 0 Å². The molecule has 1 aliphatic heterocycles. The first kappa shape index (κ1) is 10.7. The average molecular weight is 208 g/mol. The summed E-state index contributed by atoms with van der Waals surface area (Å²) in [6.45, 7) is 10.6. The molecule has 1 saturated carbocycles. The van der Waals surface area contributed by atoms with E-state index in [4.69, 9.17) is 0 Å². The Kier molecular flexibility index (Phi) is 3.10. The molecule has 0 N–H and O–H groups in total. The Balaban J connectivity index is 1.77. The van der Waals surface area contributed by atoms with E-state index >= 15 is 0 Å². The Morgan fingerprint density at radius 2 is 2.00 bits per heavy atom. The smallest absolute Gasteiger partial charge is 0.226 e. The maximum absolute atomic E-state index is 11.9. The van der Waals surface area contributed by atoms with Crippen LogP contribution in [-0.4, -0.2) is 48.4 Å². The molecular formula is C12H20N2O. The second-order valence-corrected chi connectivity index (χ2v) is 4.73. The summed E-state index contributed by atoms with van der Waals surface area (Å²) in [6, 6.07) is 0. The van der Waals surface area contributed by atoms with Gasteiger partial charge in [0.15, 0.2) is 0 Å². The van der Waals surface area contributed by atoms with Crippen molar-refractivity contribution in [3.05, 3.63) is 12.7 Å². The molecule has 2 fully saturated rings. The van der Waals surface area contributed by atoms with Gasteiger partial charge >= 0.3 is 0 Å². The summed E-state index contributed by atoms with van der Waals surface area (Å²) in [5, 5.41) is 0. The van der Waals surface area contributed by atoms with Crippen LogP contribution in [0.5, 0.6) is 0 Å². The minimum atomic E-state index is 0.343. The maximum Gasteiger partial charge on any atom is 0.226 e. The van der Waals surface area contributed by atoms with Crippen LogP contribution in [0.3, 0.4) is 0 Å². The summed E-state index contributed by atoms with van der Waals surface area (Å²) < 4.78 is 0. The molecule has 1 amide bonds. The highest BCUT2D eigenvalue weighted by Gasteiger charge is 2.41. The van der Waals surface area contributed by atoms with Gasteiger partial charge in [0.25, 0.3) is 0 Å². The molecule has 3 heteroatoms. The summed E-state index contributed by atoms with van der Waals surface area (Å²) in [6.07, 6.45) is 3.03. The summed E-state index contributed by atoms with van der Waals surface area (Å²) in [5.41, 5.74) is 0. The topological polar surface area (TPSA) is 23.6 Å². The van der Waals surface area contributed by atoms with Crippen LogP contribution in [0.2, 0.25) is 0 Å². The Labute approximate surface area is 91.7 Å². The highest BCUT2D eigenvalue weighted by Crippen LogP contribution is 2.39. The lowest BCUT2D eigenvalue weighted by molar-refractivity contribution is -0.134. The molecule has 0 radical (unpaired) electrons. The van der Waals surface area contributed by atoms with Gasteiger partial charge in [0.05, 0.1) is 0 Å². The highest BCUT2D eigenvalue weighted by atomic mass is 16.2. The molecule has 2 aliphatic rings. The summed E-state index contributed by atoms with van der Waals surface area (Å²) in [7, 11) is 0. The normalized spacial score (nSPS) is 31.4. The van der Waals surface area contributed by atoms with E-state index in [1.54, 1.807) is 0 Å². The van der Waals surface area contributed by atoms with Crippen LogP contribution >= 0.6 is 0 Å². The number of carbonyl (C=O) groups excluding carboxylic acids is 1. The van der Waals surface area contributed by atoms with Crippen molar-refractivity contribution in [2.75, 3.05) is 32.7 Å². The minimum absolute atomic E-state index is 0.343. The van der Waals surface area contributed by atoms with E-state index in [-0.39, 0.29) is 0 Å². The Bertz CT molecular complexity index is 256. The first-order chi connectivity index (χ1) is 7.22. The first-order valence-corrected chi connectivity index (χ1v) is 5.84. The number of carbonyl (C=O) groups is 1. The van der Waals surface area contributed by atoms with Crippen LogP contribution in [0.1, 0.15) is 13.3 Å². The Morgan fingerprint density at radius 1 is 1.40 bits per heavy atom. The average Bonchev–Trinajstić information content (AvgIpc) is 2.96. The van der Waals surface area contributed by atoms with Crippen molar-refractivity contribution in [3.63, 3.8) is 0 Å². The SMILES string of the molecule is C=CCN1CCN(C(=O)[C@H]2C[C@H]2C)CC1. The fraction of sp³-hybridized carbons (Fsp3) is 0.750. The summed E-state index contributed by atoms with van der Waals surface area (Å²) >= 11 is 0. The number of amides is 1. The fourth-order valence-electron chi connectivity index (χ4n) is 2.23. The second-order valence-electron chi connectivity index (χ2n) is 4.73. The monoisotopic (exact) mass is 208 g/mol. The molecule has 0 bridgehead atoms. The van der Waals surface area contributed by atoms with E-state index in [0.29, 0.717) is 17.7 Å². The molecule has 2 rings (SSSR count). The molecule has 15 heavy (non-hydrogen) atoms. The van der Waals surface area contributed by atoms with E-state index in [1.807, 2.05) is 11.0 Å². The van der Waals surface area contributed by atoms with Gasteiger partial charge in [0.1, 0.15) is 0 Å². The minimum Gasteiger partial charge on any atom is -0.340 e. The molecule has 0 unspecified atom stereocenters. The van der Waals surface area contributed by atoms with Gasteiger partial charge in [0, 0.05) is 38.6 Å².